The van der Waals surface area contributed by atoms with Crippen LogP contribution in [0.2, 0.25) is 0 Å². The summed E-state index contributed by atoms with van der Waals surface area (Å²) in [6.07, 6.45) is 0. The van der Waals surface area contributed by atoms with Crippen LogP contribution in [0.1, 0.15) is 22.5 Å². The molecular formula is C21H26N6O. The highest BCUT2D eigenvalue weighted by molar-refractivity contribution is 5.79. The van der Waals surface area contributed by atoms with Gasteiger partial charge in [0.05, 0.1) is 13.7 Å². The van der Waals surface area contributed by atoms with Crippen molar-refractivity contribution in [3.8, 4) is 17.1 Å². The number of ether oxygens (including phenoxy) is 1. The van der Waals surface area contributed by atoms with Crippen LogP contribution in [0.3, 0.4) is 0 Å². The van der Waals surface area contributed by atoms with Gasteiger partial charge in [-0.3, -0.25) is 10.1 Å². The summed E-state index contributed by atoms with van der Waals surface area (Å²) in [6, 6.07) is 14.1. The molecule has 7 heteroatoms. The van der Waals surface area contributed by atoms with Gasteiger partial charge in [-0.25, -0.2) is 4.98 Å². The molecule has 3 rings (SSSR count). The maximum Gasteiger partial charge on any atom is 0.191 e. The summed E-state index contributed by atoms with van der Waals surface area (Å²) in [5.74, 6) is 2.90. The zero-order valence-corrected chi connectivity index (χ0v) is 16.7. The molecule has 2 aromatic carbocycles. The largest absolute Gasteiger partial charge is 0.497 e. The summed E-state index contributed by atoms with van der Waals surface area (Å²) in [6.45, 7) is 5.42. The molecule has 0 spiro atoms. The summed E-state index contributed by atoms with van der Waals surface area (Å²) in [5, 5.41) is 13.8. The number of hydrogen-bond donors (Lipinski definition) is 3. The average Bonchev–Trinajstić information content (AvgIpc) is 3.18. The van der Waals surface area contributed by atoms with Crippen molar-refractivity contribution in [3.63, 3.8) is 0 Å². The van der Waals surface area contributed by atoms with E-state index in [0.717, 1.165) is 17.1 Å². The summed E-state index contributed by atoms with van der Waals surface area (Å²) in [5.41, 5.74) is 4.71. The van der Waals surface area contributed by atoms with Crippen LogP contribution in [0.5, 0.6) is 5.75 Å². The minimum Gasteiger partial charge on any atom is -0.497 e. The van der Waals surface area contributed by atoms with Crippen LogP contribution in [0, 0.1) is 13.8 Å². The molecule has 0 bridgehead atoms. The Bertz CT molecular complexity index is 946. The minimum absolute atomic E-state index is 0.496. The van der Waals surface area contributed by atoms with Crippen LogP contribution < -0.4 is 15.4 Å². The van der Waals surface area contributed by atoms with Gasteiger partial charge in [-0.1, -0.05) is 23.8 Å². The van der Waals surface area contributed by atoms with Gasteiger partial charge in [0.15, 0.2) is 11.8 Å². The first-order valence-corrected chi connectivity index (χ1v) is 9.15. The summed E-state index contributed by atoms with van der Waals surface area (Å²) in [7, 11) is 3.40. The molecule has 0 aliphatic rings. The predicted molar refractivity (Wildman–Crippen MR) is 111 cm³/mol. The van der Waals surface area contributed by atoms with Crippen molar-refractivity contribution in [2.45, 2.75) is 26.9 Å². The smallest absolute Gasteiger partial charge is 0.191 e. The first kappa shape index (κ1) is 19.4. The molecule has 0 unspecified atom stereocenters. The van der Waals surface area contributed by atoms with Gasteiger partial charge in [-0.15, -0.1) is 0 Å². The third kappa shape index (κ3) is 4.88. The van der Waals surface area contributed by atoms with E-state index in [1.165, 1.54) is 16.7 Å². The van der Waals surface area contributed by atoms with E-state index in [9.17, 15) is 0 Å². The highest BCUT2D eigenvalue weighted by atomic mass is 16.5. The topological polar surface area (TPSA) is 87.2 Å². The quantitative estimate of drug-likeness (QED) is 0.453. The second kappa shape index (κ2) is 9.03. The second-order valence-corrected chi connectivity index (χ2v) is 6.54. The van der Waals surface area contributed by atoms with Crippen LogP contribution in [0.15, 0.2) is 47.5 Å². The Hall–Kier alpha value is -3.35. The molecular weight excluding hydrogens is 352 g/mol. The normalized spacial score (nSPS) is 11.4. The molecule has 1 heterocycles. The highest BCUT2D eigenvalue weighted by Crippen LogP contribution is 2.18. The molecule has 3 aromatic rings. The number of aromatic nitrogens is 3. The Kier molecular flexibility index (Phi) is 6.26. The highest BCUT2D eigenvalue weighted by Gasteiger charge is 2.07. The van der Waals surface area contributed by atoms with E-state index in [-0.39, 0.29) is 0 Å². The predicted octanol–water partition coefficient (Wildman–Crippen LogP) is 2.96. The Balaban J connectivity index is 1.55. The number of aromatic amines is 1. The average molecular weight is 378 g/mol. The number of methoxy groups -OCH3 is 1. The van der Waals surface area contributed by atoms with E-state index >= 15 is 0 Å². The number of benzene rings is 2. The lowest BCUT2D eigenvalue weighted by Crippen LogP contribution is -2.36. The molecule has 0 saturated carbocycles. The fraction of sp³-hybridized carbons (Fsp3) is 0.286. The first-order valence-electron chi connectivity index (χ1n) is 9.15. The van der Waals surface area contributed by atoms with Crippen LogP contribution in [-0.2, 0) is 13.1 Å². The monoisotopic (exact) mass is 378 g/mol. The van der Waals surface area contributed by atoms with Gasteiger partial charge < -0.3 is 15.4 Å². The van der Waals surface area contributed by atoms with E-state index in [4.69, 9.17) is 4.74 Å². The van der Waals surface area contributed by atoms with E-state index < -0.39 is 0 Å². The summed E-state index contributed by atoms with van der Waals surface area (Å²) >= 11 is 0. The Labute approximate surface area is 165 Å². The Morgan fingerprint density at radius 1 is 1.07 bits per heavy atom. The lowest BCUT2D eigenvalue weighted by Gasteiger charge is -2.12. The van der Waals surface area contributed by atoms with Gasteiger partial charge in [0, 0.05) is 19.2 Å². The van der Waals surface area contributed by atoms with Crippen LogP contribution in [0.4, 0.5) is 0 Å². The third-order valence-corrected chi connectivity index (χ3v) is 4.47. The van der Waals surface area contributed by atoms with Crippen LogP contribution >= 0.6 is 0 Å². The van der Waals surface area contributed by atoms with Gasteiger partial charge in [-0.05, 0) is 49.2 Å². The van der Waals surface area contributed by atoms with Crippen molar-refractivity contribution in [1.82, 2.24) is 25.8 Å². The van der Waals surface area contributed by atoms with E-state index in [1.54, 1.807) is 14.2 Å². The minimum atomic E-state index is 0.496. The number of nitrogens with one attached hydrogen (secondary N) is 3. The molecule has 1 aromatic heterocycles. The number of nitrogens with zero attached hydrogens (tertiary/aromatic N) is 3. The standard InChI is InChI=1S/C21H26N6O/c1-14-5-6-17(15(2)11-14)12-23-21(22-3)24-13-19-25-20(27-26-19)16-7-9-18(28-4)10-8-16/h5-11H,12-13H2,1-4H3,(H2,22,23,24)(H,25,26,27). The van der Waals surface area contributed by atoms with Crippen molar-refractivity contribution in [2.75, 3.05) is 14.2 Å². The molecule has 7 nitrogen and oxygen atoms in total. The molecule has 0 fully saturated rings. The summed E-state index contributed by atoms with van der Waals surface area (Å²) in [4.78, 5) is 8.80. The zero-order valence-electron chi connectivity index (χ0n) is 16.7. The number of H-pyrrole nitrogens is 1. The number of aliphatic imine (C=N–C) groups is 1. The molecule has 28 heavy (non-hydrogen) atoms. The fourth-order valence-electron chi connectivity index (χ4n) is 2.85. The lowest BCUT2D eigenvalue weighted by atomic mass is 10.1. The van der Waals surface area contributed by atoms with Gasteiger partial charge >= 0.3 is 0 Å². The van der Waals surface area contributed by atoms with E-state index in [1.807, 2.05) is 24.3 Å². The van der Waals surface area contributed by atoms with Crippen molar-refractivity contribution in [1.29, 1.82) is 0 Å². The molecule has 0 aliphatic carbocycles. The summed E-state index contributed by atoms with van der Waals surface area (Å²) < 4.78 is 5.18. The van der Waals surface area contributed by atoms with Crippen molar-refractivity contribution < 1.29 is 4.74 Å². The first-order chi connectivity index (χ1) is 13.6. The maximum atomic E-state index is 5.18. The van der Waals surface area contributed by atoms with Gasteiger partial charge in [0.25, 0.3) is 0 Å². The zero-order chi connectivity index (χ0) is 19.9. The molecule has 3 N–H and O–H groups in total. The molecule has 0 radical (unpaired) electrons. The molecule has 0 amide bonds. The third-order valence-electron chi connectivity index (χ3n) is 4.47. The maximum absolute atomic E-state index is 5.18. The Morgan fingerprint density at radius 2 is 1.82 bits per heavy atom. The number of aryl methyl sites for hydroxylation is 2. The molecule has 0 aliphatic heterocycles. The second-order valence-electron chi connectivity index (χ2n) is 6.54. The lowest BCUT2D eigenvalue weighted by molar-refractivity contribution is 0.415. The van der Waals surface area contributed by atoms with E-state index in [0.29, 0.717) is 24.9 Å². The van der Waals surface area contributed by atoms with E-state index in [2.05, 4.69) is 62.9 Å². The number of guanidine groups is 1. The number of rotatable bonds is 6. The van der Waals surface area contributed by atoms with Crippen molar-refractivity contribution >= 4 is 5.96 Å². The van der Waals surface area contributed by atoms with Gasteiger partial charge in [0.1, 0.15) is 11.6 Å². The fourth-order valence-corrected chi connectivity index (χ4v) is 2.85. The molecule has 146 valence electrons. The van der Waals surface area contributed by atoms with Gasteiger partial charge in [0.2, 0.25) is 0 Å². The molecule has 0 atom stereocenters. The number of hydrogen-bond acceptors (Lipinski definition) is 4. The Morgan fingerprint density at radius 3 is 2.50 bits per heavy atom. The van der Waals surface area contributed by atoms with Crippen molar-refractivity contribution in [2.24, 2.45) is 4.99 Å². The SMILES string of the molecule is CN=C(NCc1nc(-c2ccc(OC)cc2)n[nH]1)NCc1ccc(C)cc1C. The van der Waals surface area contributed by atoms with Crippen LogP contribution in [0.25, 0.3) is 11.4 Å². The van der Waals surface area contributed by atoms with Crippen LogP contribution in [-0.4, -0.2) is 35.3 Å². The van der Waals surface area contributed by atoms with Gasteiger partial charge in [-0.2, -0.15) is 5.10 Å². The molecule has 0 saturated heterocycles. The van der Waals surface area contributed by atoms with Crippen molar-refractivity contribution in [3.05, 3.63) is 65.0 Å².